The van der Waals surface area contributed by atoms with E-state index in [0.717, 1.165) is 168 Å². The fraction of sp³-hybridized carbons (Fsp3) is 0.0175. The second kappa shape index (κ2) is 29.9. The van der Waals surface area contributed by atoms with Gasteiger partial charge in [0, 0.05) is 34.1 Å². The van der Waals surface area contributed by atoms with E-state index in [0.29, 0.717) is 0 Å². The van der Waals surface area contributed by atoms with Gasteiger partial charge in [0.1, 0.15) is 23.3 Å². The zero-order valence-electron chi connectivity index (χ0n) is 65.9. The molecule has 2 unspecified atom stereocenters. The molecular formula is C114H76F4N2Si. The molecule has 0 fully saturated rings. The Kier molecular flexibility index (Phi) is 18.2. The number of anilines is 6. The van der Waals surface area contributed by atoms with Gasteiger partial charge in [-0.3, -0.25) is 0 Å². The van der Waals surface area contributed by atoms with Crippen LogP contribution in [0.25, 0.3) is 90.0 Å². The molecule has 0 aromatic heterocycles. The molecule has 2 atom stereocenters. The smallest absolute Gasteiger partial charge is 0.180 e. The van der Waals surface area contributed by atoms with E-state index in [2.05, 4.69) is 351 Å². The van der Waals surface area contributed by atoms with E-state index in [1.165, 1.54) is 45.0 Å². The summed E-state index contributed by atoms with van der Waals surface area (Å²) in [6.45, 7) is 8.29. The summed E-state index contributed by atoms with van der Waals surface area (Å²) in [6.07, 6.45) is 3.73. The molecule has 1 aliphatic heterocycles. The Morgan fingerprint density at radius 3 is 0.843 bits per heavy atom. The maximum atomic E-state index is 15.6. The van der Waals surface area contributed by atoms with Crippen molar-refractivity contribution in [1.29, 1.82) is 0 Å². The molecule has 121 heavy (non-hydrogen) atoms. The van der Waals surface area contributed by atoms with Crippen molar-refractivity contribution in [2.45, 2.75) is 10.8 Å². The van der Waals surface area contributed by atoms with E-state index in [9.17, 15) is 8.78 Å². The molecule has 0 bridgehead atoms. The zero-order chi connectivity index (χ0) is 81.5. The highest BCUT2D eigenvalue weighted by molar-refractivity contribution is 7.22. The molecule has 7 heteroatoms. The predicted molar refractivity (Wildman–Crippen MR) is 495 cm³/mol. The first-order valence-corrected chi connectivity index (χ1v) is 42.9. The van der Waals surface area contributed by atoms with Crippen LogP contribution < -0.4 is 30.5 Å². The molecular weight excluding hydrogens is 1500 g/mol. The van der Waals surface area contributed by atoms with Gasteiger partial charge in [-0.25, -0.2) is 17.6 Å². The van der Waals surface area contributed by atoms with Gasteiger partial charge >= 0.3 is 0 Å². The van der Waals surface area contributed by atoms with E-state index in [4.69, 9.17) is 0 Å². The third-order valence-electron chi connectivity index (χ3n) is 25.3. The van der Waals surface area contributed by atoms with E-state index in [1.807, 2.05) is 60.7 Å². The highest BCUT2D eigenvalue weighted by atomic mass is 28.3. The zero-order valence-corrected chi connectivity index (χ0v) is 66.9. The number of halogens is 4. The first-order chi connectivity index (χ1) is 59.5. The summed E-state index contributed by atoms with van der Waals surface area (Å²) < 4.78 is 59.9. The van der Waals surface area contributed by atoms with Gasteiger partial charge in [0.25, 0.3) is 0 Å². The summed E-state index contributed by atoms with van der Waals surface area (Å²) >= 11 is 0. The van der Waals surface area contributed by atoms with Crippen LogP contribution in [-0.2, 0) is 10.8 Å². The number of hydrogen-bond acceptors (Lipinski definition) is 2. The quantitative estimate of drug-likeness (QED) is 0.0624. The van der Waals surface area contributed by atoms with Gasteiger partial charge in [-0.2, -0.15) is 0 Å². The second-order valence-electron chi connectivity index (χ2n) is 31.6. The minimum Gasteiger partial charge on any atom is -0.310 e. The Balaban J connectivity index is 0.800. The average molecular weight is 1580 g/mol. The minimum absolute atomic E-state index is 0.283. The number of fused-ring (bicyclic) bond motifs is 9. The summed E-state index contributed by atoms with van der Waals surface area (Å²) in [5, 5.41) is 5.00. The molecule has 0 saturated heterocycles. The lowest BCUT2D eigenvalue weighted by molar-refractivity contribution is 0.624. The first kappa shape index (κ1) is 73.6. The van der Waals surface area contributed by atoms with Crippen LogP contribution in [-0.4, -0.2) is 8.07 Å². The van der Waals surface area contributed by atoms with Crippen LogP contribution in [0.3, 0.4) is 0 Å². The van der Waals surface area contributed by atoms with Crippen LogP contribution >= 0.6 is 0 Å². The van der Waals surface area contributed by atoms with Crippen molar-refractivity contribution in [1.82, 2.24) is 0 Å². The van der Waals surface area contributed by atoms with Gasteiger partial charge in [0.15, 0.2) is 8.07 Å². The molecule has 18 aromatic carbocycles. The Hall–Kier alpha value is -15.0. The normalized spacial score (nSPS) is 14.8. The van der Waals surface area contributed by atoms with Crippen LogP contribution in [0.4, 0.5) is 51.7 Å². The summed E-state index contributed by atoms with van der Waals surface area (Å²) in [5.74, 6) is -1.19. The van der Waals surface area contributed by atoms with Crippen molar-refractivity contribution in [3.63, 3.8) is 0 Å². The minimum atomic E-state index is -3.26. The van der Waals surface area contributed by atoms with Gasteiger partial charge in [-0.05, 0) is 288 Å². The summed E-state index contributed by atoms with van der Waals surface area (Å²) in [4.78, 5) is 4.80. The largest absolute Gasteiger partial charge is 0.310 e. The third-order valence-corrected chi connectivity index (χ3v) is 30.2. The monoisotopic (exact) mass is 1580 g/mol. The van der Waals surface area contributed by atoms with Gasteiger partial charge in [-0.1, -0.05) is 316 Å². The van der Waals surface area contributed by atoms with Crippen LogP contribution in [0.1, 0.15) is 55.6 Å². The highest BCUT2D eigenvalue weighted by Gasteiger charge is 2.51. The van der Waals surface area contributed by atoms with Crippen LogP contribution in [0, 0.1) is 23.3 Å². The predicted octanol–water partition coefficient (Wildman–Crippen LogP) is 27.2. The number of benzene rings is 18. The van der Waals surface area contributed by atoms with Crippen molar-refractivity contribution in [2.24, 2.45) is 0 Å². The van der Waals surface area contributed by atoms with Gasteiger partial charge in [0.2, 0.25) is 0 Å². The van der Waals surface area contributed by atoms with Crippen molar-refractivity contribution in [3.8, 4) is 77.9 Å². The number of nitrogens with zero attached hydrogens (tertiary/aromatic N) is 2. The first-order valence-electron chi connectivity index (χ1n) is 40.9. The molecule has 18 aromatic rings. The van der Waals surface area contributed by atoms with Crippen LogP contribution in [0.15, 0.2) is 438 Å². The van der Waals surface area contributed by atoms with Crippen LogP contribution in [0.2, 0.25) is 0 Å². The average Bonchev–Trinajstić information content (AvgIpc) is 1.55. The summed E-state index contributed by atoms with van der Waals surface area (Å²) in [5.41, 5.74) is 28.4. The van der Waals surface area contributed by atoms with E-state index < -0.39 is 18.9 Å². The van der Waals surface area contributed by atoms with Gasteiger partial charge in [0.05, 0.1) is 10.8 Å². The maximum Gasteiger partial charge on any atom is 0.180 e. The van der Waals surface area contributed by atoms with Crippen LogP contribution in [0.5, 0.6) is 0 Å². The van der Waals surface area contributed by atoms with E-state index in [-0.39, 0.29) is 23.3 Å². The Morgan fingerprint density at radius 2 is 0.496 bits per heavy atom. The number of rotatable bonds is 18. The van der Waals surface area contributed by atoms with E-state index >= 15 is 8.78 Å². The Morgan fingerprint density at radius 1 is 0.215 bits per heavy atom. The summed E-state index contributed by atoms with van der Waals surface area (Å²) in [7, 11) is -3.26. The lowest BCUT2D eigenvalue weighted by atomic mass is 9.67. The number of hydrogen-bond donors (Lipinski definition) is 0. The van der Waals surface area contributed by atoms with Crippen molar-refractivity contribution >= 4 is 75.1 Å². The molecule has 2 nitrogen and oxygen atoms in total. The van der Waals surface area contributed by atoms with Gasteiger partial charge in [-0.15, -0.1) is 0 Å². The maximum absolute atomic E-state index is 15.6. The van der Waals surface area contributed by atoms with Crippen molar-refractivity contribution in [3.05, 3.63) is 517 Å². The SMILES string of the molecule is C=Cc1ccc(C2(c3ccc(F)cc3)c3ccccc3-c3ccc(N(c4ccc(-c5cccc(-c6ccc(F)cc6)c5)cc4)c4ccc5c(c4)-c4cc(N(c6ccc(-c7cccc(-c8ccc(F)cc8)c7)cc6)c6ccc7c(c6)C(c6ccc(F)cc6)(c6ccc(C=C)cc6)c6ccccc6-7)ccc4[Si]5(c4ccccc4)c4ccccc4)cc32)cc1. The molecule has 1 heterocycles. The molecule has 3 aliphatic rings. The third kappa shape index (κ3) is 12.1. The standard InChI is InChI=1S/C114H76F4N2Si/c1-3-75-29-41-85(42-30-75)113(87-45-53-91(117)54-46-87)107-27-13-11-25-101(107)103-65-61-97(73-109(103)113)119(93-57-37-79(38-58-93)83-19-15-17-81(69-83)77-33-49-89(115)50-34-77)95-63-67-111-105(71-95)106-72-96(64-68-112(106)121(111,99-21-7-5-8-22-99)100-23-9-6-10-24-100)120(94-59-39-80(40-60-94)84-20-16-18-82(70-84)78-35-51-90(116)52-36-78)98-62-66-104-102-26-12-14-28-108(102)114(110(104)74-98,88-47-55-92(118)56-48-88)86-43-31-76(4-2)32-44-86/h3-74H,1-2H2. The molecule has 574 valence electrons. The topological polar surface area (TPSA) is 6.48 Å². The highest BCUT2D eigenvalue weighted by Crippen LogP contribution is 2.60. The molecule has 2 aliphatic carbocycles. The van der Waals surface area contributed by atoms with Gasteiger partial charge < -0.3 is 9.80 Å². The molecule has 0 saturated carbocycles. The fourth-order valence-corrected chi connectivity index (χ4v) is 25.0. The summed E-state index contributed by atoms with van der Waals surface area (Å²) in [6, 6.07) is 147. The lowest BCUT2D eigenvalue weighted by Gasteiger charge is -2.35. The fourth-order valence-electron chi connectivity index (χ4n) is 19.8. The molecule has 0 spiro atoms. The van der Waals surface area contributed by atoms with Crippen molar-refractivity contribution < 1.29 is 17.6 Å². The van der Waals surface area contributed by atoms with E-state index in [1.54, 1.807) is 24.3 Å². The lowest BCUT2D eigenvalue weighted by Crippen LogP contribution is -2.72. The molecule has 0 radical (unpaired) electrons. The Labute approximate surface area is 703 Å². The Bertz CT molecular complexity index is 6630. The van der Waals surface area contributed by atoms with Crippen molar-refractivity contribution in [2.75, 3.05) is 9.80 Å². The molecule has 0 amide bonds. The molecule has 0 N–H and O–H groups in total. The second-order valence-corrected chi connectivity index (χ2v) is 35.3. The molecule has 21 rings (SSSR count).